The number of nitrogens with zero attached hydrogens (tertiary/aromatic N) is 2. The van der Waals surface area contributed by atoms with Gasteiger partial charge in [-0.1, -0.05) is 0 Å². The summed E-state index contributed by atoms with van der Waals surface area (Å²) >= 11 is 0. The number of halogens is 3. The number of ether oxygens (including phenoxy) is 1. The molecule has 0 saturated carbocycles. The zero-order valence-electron chi connectivity index (χ0n) is 17.4. The van der Waals surface area contributed by atoms with Crippen LogP contribution in [-0.4, -0.2) is 43.2 Å². The van der Waals surface area contributed by atoms with Crippen LogP contribution < -0.4 is 9.62 Å². The second kappa shape index (κ2) is 6.76. The van der Waals surface area contributed by atoms with E-state index in [2.05, 4.69) is 4.72 Å². The summed E-state index contributed by atoms with van der Waals surface area (Å²) in [5, 5.41) is 8.99. The number of carbonyl (C=O) groups is 2. The predicted molar refractivity (Wildman–Crippen MR) is 105 cm³/mol. The van der Waals surface area contributed by atoms with Gasteiger partial charge in [0.2, 0.25) is 21.8 Å². The molecule has 3 heterocycles. The standard InChI is InChI=1S/C20H20F3N3O5S/c1-4-32(29,30)25-13-8-18(2)14-15(19(13,3)31-18)17(28)26(16(14)27)11-6-5-10(9-24)12(7-11)20(21,22)23/h5-7,13-15,25H,4,8H2,1-3H3. The second-order valence-electron chi connectivity index (χ2n) is 8.68. The van der Waals surface area contributed by atoms with Crippen molar-refractivity contribution < 1.29 is 35.9 Å². The number of anilines is 1. The Balaban J connectivity index is 1.76. The number of imide groups is 1. The quantitative estimate of drug-likeness (QED) is 0.671. The maximum atomic E-state index is 13.4. The molecule has 0 aromatic heterocycles. The second-order valence-corrected chi connectivity index (χ2v) is 10.7. The lowest BCUT2D eigenvalue weighted by Crippen LogP contribution is -2.56. The number of benzene rings is 1. The van der Waals surface area contributed by atoms with Gasteiger partial charge in [0.1, 0.15) is 0 Å². The fourth-order valence-corrected chi connectivity index (χ4v) is 6.19. The Kier molecular flexibility index (Phi) is 4.79. The van der Waals surface area contributed by atoms with E-state index >= 15 is 0 Å². The SMILES string of the molecule is CCS(=O)(=O)NC1CC2(C)OC1(C)C1C(=O)N(c3ccc(C#N)c(C(F)(F)F)c3)C(=O)C12. The fraction of sp³-hybridized carbons (Fsp3) is 0.550. The summed E-state index contributed by atoms with van der Waals surface area (Å²) in [6.07, 6.45) is -4.72. The van der Waals surface area contributed by atoms with Crippen molar-refractivity contribution in [3.63, 3.8) is 0 Å². The highest BCUT2D eigenvalue weighted by atomic mass is 32.2. The summed E-state index contributed by atoms with van der Waals surface area (Å²) in [7, 11) is -3.64. The fourth-order valence-electron chi connectivity index (χ4n) is 5.27. The molecule has 12 heteroatoms. The van der Waals surface area contributed by atoms with E-state index in [0.29, 0.717) is 11.0 Å². The van der Waals surface area contributed by atoms with Crippen molar-refractivity contribution in [1.29, 1.82) is 5.26 Å². The largest absolute Gasteiger partial charge is 0.417 e. The summed E-state index contributed by atoms with van der Waals surface area (Å²) in [4.78, 5) is 27.3. The number of hydrogen-bond donors (Lipinski definition) is 1. The first-order chi connectivity index (χ1) is 14.7. The molecular formula is C20H20F3N3O5S. The molecule has 5 atom stereocenters. The molecule has 172 valence electrons. The summed E-state index contributed by atoms with van der Waals surface area (Å²) in [5.74, 6) is -3.68. The third-order valence-electron chi connectivity index (χ3n) is 6.73. The summed E-state index contributed by atoms with van der Waals surface area (Å²) in [6.45, 7) is 4.60. The Labute approximate surface area is 182 Å². The molecule has 1 N–H and O–H groups in total. The van der Waals surface area contributed by atoms with Gasteiger partial charge < -0.3 is 4.74 Å². The Morgan fingerprint density at radius 2 is 1.88 bits per heavy atom. The van der Waals surface area contributed by atoms with E-state index in [1.165, 1.54) is 13.0 Å². The van der Waals surface area contributed by atoms with Crippen LogP contribution in [0.3, 0.4) is 0 Å². The van der Waals surface area contributed by atoms with Crippen LogP contribution in [0.1, 0.15) is 38.3 Å². The molecule has 8 nitrogen and oxygen atoms in total. The molecule has 2 bridgehead atoms. The minimum atomic E-state index is -4.85. The minimum absolute atomic E-state index is 0.137. The van der Waals surface area contributed by atoms with E-state index in [1.807, 2.05) is 0 Å². The van der Waals surface area contributed by atoms with E-state index in [4.69, 9.17) is 10.00 Å². The number of alkyl halides is 3. The Morgan fingerprint density at radius 3 is 2.44 bits per heavy atom. The summed E-state index contributed by atoms with van der Waals surface area (Å²) in [5.41, 5.74) is -4.68. The van der Waals surface area contributed by atoms with E-state index in [1.54, 1.807) is 13.8 Å². The summed E-state index contributed by atoms with van der Waals surface area (Å²) in [6, 6.07) is 3.33. The zero-order valence-corrected chi connectivity index (χ0v) is 18.2. The zero-order chi connectivity index (χ0) is 23.9. The van der Waals surface area contributed by atoms with Crippen LogP contribution in [-0.2, 0) is 30.5 Å². The number of sulfonamides is 1. The van der Waals surface area contributed by atoms with E-state index < -0.39 is 68.2 Å². The van der Waals surface area contributed by atoms with Crippen LogP contribution in [0.25, 0.3) is 0 Å². The van der Waals surface area contributed by atoms with Crippen LogP contribution >= 0.6 is 0 Å². The predicted octanol–water partition coefficient (Wildman–Crippen LogP) is 1.94. The van der Waals surface area contributed by atoms with Gasteiger partial charge in [-0.2, -0.15) is 18.4 Å². The lowest BCUT2D eigenvalue weighted by Gasteiger charge is -2.35. The van der Waals surface area contributed by atoms with Crippen molar-refractivity contribution in [1.82, 2.24) is 4.72 Å². The van der Waals surface area contributed by atoms with Crippen LogP contribution in [0.5, 0.6) is 0 Å². The number of fused-ring (bicyclic) bond motifs is 5. The van der Waals surface area contributed by atoms with E-state index in [0.717, 1.165) is 12.1 Å². The van der Waals surface area contributed by atoms with Gasteiger partial charge in [0.25, 0.3) is 0 Å². The Bertz CT molecular complexity index is 1180. The molecule has 1 aromatic rings. The number of rotatable bonds is 4. The van der Waals surface area contributed by atoms with Crippen LogP contribution in [0.4, 0.5) is 18.9 Å². The highest BCUT2D eigenvalue weighted by Gasteiger charge is 2.76. The van der Waals surface area contributed by atoms with Crippen molar-refractivity contribution in [2.24, 2.45) is 11.8 Å². The van der Waals surface area contributed by atoms with Crippen LogP contribution in [0.15, 0.2) is 18.2 Å². The van der Waals surface area contributed by atoms with Gasteiger partial charge in [0, 0.05) is 0 Å². The Hall–Kier alpha value is -2.49. The van der Waals surface area contributed by atoms with Gasteiger partial charge in [0.05, 0.1) is 57.7 Å². The maximum Gasteiger partial charge on any atom is 0.417 e. The van der Waals surface area contributed by atoms with Crippen molar-refractivity contribution >= 4 is 27.5 Å². The van der Waals surface area contributed by atoms with Crippen molar-refractivity contribution in [3.05, 3.63) is 29.3 Å². The molecule has 5 unspecified atom stereocenters. The highest BCUT2D eigenvalue weighted by molar-refractivity contribution is 7.89. The van der Waals surface area contributed by atoms with Gasteiger partial charge in [-0.05, 0) is 45.4 Å². The number of hydrogen-bond acceptors (Lipinski definition) is 6. The molecule has 0 radical (unpaired) electrons. The first-order valence-corrected chi connectivity index (χ1v) is 11.5. The van der Waals surface area contributed by atoms with Gasteiger partial charge in [-0.25, -0.2) is 18.0 Å². The molecule has 1 aromatic carbocycles. The molecule has 3 aliphatic rings. The van der Waals surface area contributed by atoms with Gasteiger partial charge >= 0.3 is 6.18 Å². The van der Waals surface area contributed by atoms with E-state index in [-0.39, 0.29) is 17.9 Å². The lowest BCUT2D eigenvalue weighted by molar-refractivity contribution is -0.138. The van der Waals surface area contributed by atoms with E-state index in [9.17, 15) is 31.2 Å². The first-order valence-electron chi connectivity index (χ1n) is 9.88. The minimum Gasteiger partial charge on any atom is -0.366 e. The Morgan fingerprint density at radius 1 is 1.25 bits per heavy atom. The van der Waals surface area contributed by atoms with Crippen LogP contribution in [0.2, 0.25) is 0 Å². The van der Waals surface area contributed by atoms with Crippen LogP contribution in [0, 0.1) is 23.2 Å². The highest BCUT2D eigenvalue weighted by Crippen LogP contribution is 2.61. The number of carbonyl (C=O) groups excluding carboxylic acids is 2. The molecule has 3 saturated heterocycles. The third kappa shape index (κ3) is 3.06. The lowest BCUT2D eigenvalue weighted by atomic mass is 9.67. The average molecular weight is 471 g/mol. The smallest absolute Gasteiger partial charge is 0.366 e. The number of nitrogens with one attached hydrogen (secondary N) is 1. The molecular weight excluding hydrogens is 451 g/mol. The number of amides is 2. The molecule has 0 aliphatic carbocycles. The van der Waals surface area contributed by atoms with Crippen molar-refractivity contribution in [2.45, 2.75) is 50.6 Å². The normalized spacial score (nSPS) is 34.2. The molecule has 0 spiro atoms. The van der Waals surface area contributed by atoms with Crippen molar-refractivity contribution in [3.8, 4) is 6.07 Å². The number of nitriles is 1. The maximum absolute atomic E-state index is 13.4. The molecule has 3 aliphatic heterocycles. The van der Waals surface area contributed by atoms with Gasteiger partial charge in [-0.15, -0.1) is 0 Å². The third-order valence-corrected chi connectivity index (χ3v) is 8.13. The topological polar surface area (TPSA) is 117 Å². The molecule has 4 rings (SSSR count). The van der Waals surface area contributed by atoms with Gasteiger partial charge in [0.15, 0.2) is 0 Å². The average Bonchev–Trinajstić information content (AvgIpc) is 3.21. The van der Waals surface area contributed by atoms with Gasteiger partial charge in [-0.3, -0.25) is 9.59 Å². The molecule has 32 heavy (non-hydrogen) atoms. The monoisotopic (exact) mass is 471 g/mol. The first kappa shape index (κ1) is 22.7. The molecule has 2 amide bonds. The van der Waals surface area contributed by atoms with Crippen molar-refractivity contribution in [2.75, 3.05) is 10.7 Å². The summed E-state index contributed by atoms with van der Waals surface area (Å²) < 4.78 is 73.0. The molecule has 3 fully saturated rings.